The van der Waals surface area contributed by atoms with Gasteiger partial charge in [-0.05, 0) is 88.3 Å². The van der Waals surface area contributed by atoms with Gasteiger partial charge in [0.1, 0.15) is 5.58 Å². The van der Waals surface area contributed by atoms with Gasteiger partial charge in [0.05, 0.1) is 27.8 Å². The molecule has 0 aliphatic carbocycles. The molecule has 0 radical (unpaired) electrons. The Hall–Kier alpha value is -8.87. The zero-order valence-electron chi connectivity index (χ0n) is 34.9. The van der Waals surface area contributed by atoms with E-state index in [9.17, 15) is 0 Å². The Kier molecular flexibility index (Phi) is 7.59. The van der Waals surface area contributed by atoms with Crippen LogP contribution < -0.4 is 0 Å². The first-order valence-corrected chi connectivity index (χ1v) is 21.9. The summed E-state index contributed by atoms with van der Waals surface area (Å²) < 4.78 is 11.7. The van der Waals surface area contributed by atoms with Crippen LogP contribution in [0, 0.1) is 0 Å². The second-order valence-electron chi connectivity index (χ2n) is 16.8. The van der Waals surface area contributed by atoms with E-state index in [1.807, 2.05) is 12.1 Å². The van der Waals surface area contributed by atoms with E-state index < -0.39 is 0 Å². The zero-order valence-corrected chi connectivity index (χ0v) is 34.9. The maximum absolute atomic E-state index is 6.97. The van der Waals surface area contributed by atoms with E-state index in [2.05, 4.69) is 209 Å². The summed E-state index contributed by atoms with van der Waals surface area (Å²) in [5.74, 6) is 1.75. The summed E-state index contributed by atoms with van der Waals surface area (Å²) in [6.07, 6.45) is 0. The van der Waals surface area contributed by atoms with E-state index in [-0.39, 0.29) is 0 Å². The molecule has 10 aromatic carbocycles. The van der Waals surface area contributed by atoms with Gasteiger partial charge in [0.15, 0.2) is 23.1 Å². The lowest BCUT2D eigenvalue weighted by Crippen LogP contribution is -2.02. The molecule has 0 fully saturated rings. The van der Waals surface area contributed by atoms with Crippen molar-refractivity contribution in [3.63, 3.8) is 0 Å². The van der Waals surface area contributed by atoms with Crippen molar-refractivity contribution in [3.05, 3.63) is 212 Å². The molecule has 4 aromatic heterocycles. The number of benzene rings is 10. The molecule has 0 aliphatic heterocycles. The molecule has 302 valence electrons. The Labute approximate surface area is 371 Å². The highest BCUT2D eigenvalue weighted by Crippen LogP contribution is 2.43. The molecule has 6 heteroatoms. The minimum Gasteiger partial charge on any atom is -0.454 e. The number of nitrogens with zero attached hydrogens (tertiary/aromatic N) is 5. The van der Waals surface area contributed by atoms with Crippen LogP contribution in [0.25, 0.3) is 133 Å². The largest absolute Gasteiger partial charge is 0.454 e. The van der Waals surface area contributed by atoms with Gasteiger partial charge in [0.2, 0.25) is 0 Å². The van der Waals surface area contributed by atoms with Gasteiger partial charge >= 0.3 is 0 Å². The van der Waals surface area contributed by atoms with Crippen LogP contribution in [0.15, 0.2) is 217 Å². The second-order valence-corrected chi connectivity index (χ2v) is 16.8. The van der Waals surface area contributed by atoms with Crippen molar-refractivity contribution in [1.29, 1.82) is 0 Å². The van der Waals surface area contributed by atoms with Gasteiger partial charge in [0.25, 0.3) is 0 Å². The Morgan fingerprint density at radius 3 is 1.68 bits per heavy atom. The summed E-state index contributed by atoms with van der Waals surface area (Å²) >= 11 is 0. The number of furan rings is 1. The maximum Gasteiger partial charge on any atom is 0.164 e. The number of aromatic nitrogens is 5. The quantitative estimate of drug-likeness (QED) is 0.173. The highest BCUT2D eigenvalue weighted by Gasteiger charge is 2.24. The predicted molar refractivity (Wildman–Crippen MR) is 267 cm³/mol. The molecule has 0 bridgehead atoms. The normalized spacial score (nSPS) is 12.0. The molecule has 14 aromatic rings. The summed E-state index contributed by atoms with van der Waals surface area (Å²) in [7, 11) is 0. The third kappa shape index (κ3) is 5.44. The molecule has 65 heavy (non-hydrogen) atoms. The van der Waals surface area contributed by atoms with E-state index in [0.717, 1.165) is 88.2 Å². The molecule has 0 spiro atoms. The van der Waals surface area contributed by atoms with Gasteiger partial charge in [-0.1, -0.05) is 146 Å². The topological polar surface area (TPSA) is 61.7 Å². The van der Waals surface area contributed by atoms with Gasteiger partial charge in [-0.3, -0.25) is 0 Å². The van der Waals surface area contributed by atoms with Crippen LogP contribution in [-0.2, 0) is 0 Å². The first kappa shape index (κ1) is 35.7. The lowest BCUT2D eigenvalue weighted by molar-refractivity contribution is 0.666. The standard InChI is InChI=1S/C59H35N5O/c1-2-18-42(19-3-1)63-49-23-11-8-20-43(49)45-29-28-41(35-52(45)63)58-60-57(40-27-26-36-14-4-5-15-37(36)32-40)61-59(62-58)47-30-31-51(56-55(47)46-22-10-13-25-54(46)65-56)64-50-24-12-9-21-44(50)48-33-38-16-6-7-17-39(38)34-53(48)64/h1-35H. The van der Waals surface area contributed by atoms with E-state index >= 15 is 0 Å². The van der Waals surface area contributed by atoms with Gasteiger partial charge in [-0.25, -0.2) is 15.0 Å². The highest BCUT2D eigenvalue weighted by molar-refractivity contribution is 6.18. The Morgan fingerprint density at radius 1 is 0.338 bits per heavy atom. The monoisotopic (exact) mass is 829 g/mol. The number of para-hydroxylation sites is 4. The van der Waals surface area contributed by atoms with Crippen molar-refractivity contribution in [3.8, 4) is 45.5 Å². The lowest BCUT2D eigenvalue weighted by atomic mass is 10.0. The van der Waals surface area contributed by atoms with Crippen LogP contribution in [0.5, 0.6) is 0 Å². The van der Waals surface area contributed by atoms with Crippen molar-refractivity contribution in [2.75, 3.05) is 0 Å². The van der Waals surface area contributed by atoms with Crippen molar-refractivity contribution >= 4 is 87.1 Å². The minimum atomic E-state index is 0.568. The highest BCUT2D eigenvalue weighted by atomic mass is 16.3. The van der Waals surface area contributed by atoms with E-state index in [1.54, 1.807) is 0 Å². The van der Waals surface area contributed by atoms with Gasteiger partial charge in [-0.2, -0.15) is 0 Å². The number of hydrogen-bond acceptors (Lipinski definition) is 4. The molecule has 0 aliphatic rings. The van der Waals surface area contributed by atoms with Gasteiger partial charge in [0, 0.05) is 54.7 Å². The molecular weight excluding hydrogens is 795 g/mol. The third-order valence-corrected chi connectivity index (χ3v) is 13.1. The lowest BCUT2D eigenvalue weighted by Gasteiger charge is -2.13. The van der Waals surface area contributed by atoms with Crippen LogP contribution in [0.1, 0.15) is 0 Å². The van der Waals surface area contributed by atoms with Gasteiger partial charge in [-0.15, -0.1) is 0 Å². The SMILES string of the molecule is c1ccc(-n2c3ccccc3c3ccc(-c4nc(-c5ccc6ccccc6c5)nc(-c5ccc(-n6c7ccccc7c7cc8ccccc8cc76)c6oc7ccccc7c56)n4)cc32)cc1. The molecule has 0 atom stereocenters. The number of hydrogen-bond donors (Lipinski definition) is 0. The third-order valence-electron chi connectivity index (χ3n) is 13.1. The summed E-state index contributed by atoms with van der Waals surface area (Å²) in [4.78, 5) is 16.1. The Morgan fingerprint density at radius 2 is 0.892 bits per heavy atom. The smallest absolute Gasteiger partial charge is 0.164 e. The van der Waals surface area contributed by atoms with Crippen LogP contribution in [0.3, 0.4) is 0 Å². The molecule has 6 nitrogen and oxygen atoms in total. The van der Waals surface area contributed by atoms with Crippen LogP contribution in [0.4, 0.5) is 0 Å². The second kappa shape index (κ2) is 13.8. The van der Waals surface area contributed by atoms with E-state index in [0.29, 0.717) is 17.5 Å². The fraction of sp³-hybridized carbons (Fsp3) is 0. The molecular formula is C59H35N5O. The van der Waals surface area contributed by atoms with Crippen LogP contribution >= 0.6 is 0 Å². The summed E-state index contributed by atoms with van der Waals surface area (Å²) in [6.45, 7) is 0. The minimum absolute atomic E-state index is 0.568. The average molecular weight is 830 g/mol. The maximum atomic E-state index is 6.97. The first-order valence-electron chi connectivity index (χ1n) is 21.9. The first-order chi connectivity index (χ1) is 32.2. The van der Waals surface area contributed by atoms with Crippen molar-refractivity contribution in [2.45, 2.75) is 0 Å². The predicted octanol–water partition coefficient (Wildman–Crippen LogP) is 15.3. The molecule has 0 saturated heterocycles. The molecule has 4 heterocycles. The molecule has 0 amide bonds. The van der Waals surface area contributed by atoms with Crippen LogP contribution in [0.2, 0.25) is 0 Å². The van der Waals surface area contributed by atoms with Gasteiger partial charge < -0.3 is 13.6 Å². The molecule has 0 N–H and O–H groups in total. The molecule has 0 unspecified atom stereocenters. The Bertz CT molecular complexity index is 4250. The fourth-order valence-corrected chi connectivity index (χ4v) is 10.1. The summed E-state index contributed by atoms with van der Waals surface area (Å²) in [5.41, 5.74) is 10.7. The number of fused-ring (bicyclic) bond motifs is 11. The van der Waals surface area contributed by atoms with E-state index in [1.165, 1.54) is 26.9 Å². The fourth-order valence-electron chi connectivity index (χ4n) is 10.1. The summed E-state index contributed by atoms with van der Waals surface area (Å²) in [6, 6.07) is 75.0. The number of rotatable bonds is 5. The Balaban J connectivity index is 1.04. The molecule has 14 rings (SSSR count). The van der Waals surface area contributed by atoms with E-state index in [4.69, 9.17) is 19.4 Å². The zero-order chi connectivity index (χ0) is 42.6. The van der Waals surface area contributed by atoms with Crippen molar-refractivity contribution in [2.24, 2.45) is 0 Å². The van der Waals surface area contributed by atoms with Crippen molar-refractivity contribution < 1.29 is 4.42 Å². The molecule has 0 saturated carbocycles. The van der Waals surface area contributed by atoms with Crippen molar-refractivity contribution in [1.82, 2.24) is 24.1 Å². The summed E-state index contributed by atoms with van der Waals surface area (Å²) in [5, 5.41) is 11.3. The van der Waals surface area contributed by atoms with Crippen LogP contribution in [-0.4, -0.2) is 24.1 Å². The average Bonchev–Trinajstić information content (AvgIpc) is 4.03.